The van der Waals surface area contributed by atoms with Crippen LogP contribution in [0.4, 0.5) is 18.9 Å². The minimum atomic E-state index is -5.86. The fourth-order valence-electron chi connectivity index (χ4n) is 5.17. The van der Waals surface area contributed by atoms with Crippen molar-refractivity contribution in [1.29, 1.82) is 5.26 Å². The lowest BCUT2D eigenvalue weighted by Crippen LogP contribution is -2.45. The maximum atomic E-state index is 14.3. The van der Waals surface area contributed by atoms with Crippen LogP contribution >= 0.6 is 0 Å². The molecule has 242 valence electrons. The molecule has 0 amide bonds. The van der Waals surface area contributed by atoms with E-state index in [9.17, 15) is 35.3 Å². The SMILES string of the molecule is COc1ccc(S(=O)(=O)N2Cc3cc(C#N)ccc3N(Cc3cncn3C)C[C@H]2Cc2ccc(OS(=O)(=O)C(F)(F)F)cc2)cc1. The number of nitriles is 1. The molecule has 1 aliphatic heterocycles. The predicted molar refractivity (Wildman–Crippen MR) is 161 cm³/mol. The van der Waals surface area contributed by atoms with E-state index in [0.29, 0.717) is 29.0 Å². The van der Waals surface area contributed by atoms with Crippen molar-refractivity contribution in [2.24, 2.45) is 7.05 Å². The number of benzene rings is 3. The molecule has 0 aliphatic carbocycles. The summed E-state index contributed by atoms with van der Waals surface area (Å²) in [5, 5.41) is 9.63. The van der Waals surface area contributed by atoms with Gasteiger partial charge in [0.05, 0.1) is 42.2 Å². The second-order valence-electron chi connectivity index (χ2n) is 10.5. The van der Waals surface area contributed by atoms with Crippen molar-refractivity contribution in [2.75, 3.05) is 18.6 Å². The van der Waals surface area contributed by atoms with Gasteiger partial charge in [-0.05, 0) is 72.1 Å². The summed E-state index contributed by atoms with van der Waals surface area (Å²) in [6.07, 6.45) is 3.44. The van der Waals surface area contributed by atoms with E-state index in [2.05, 4.69) is 15.2 Å². The zero-order valence-electron chi connectivity index (χ0n) is 24.5. The number of hydrogen-bond acceptors (Lipinski definition) is 9. The molecule has 46 heavy (non-hydrogen) atoms. The Morgan fingerprint density at radius 3 is 2.26 bits per heavy atom. The van der Waals surface area contributed by atoms with E-state index >= 15 is 0 Å². The summed E-state index contributed by atoms with van der Waals surface area (Å²) >= 11 is 0. The van der Waals surface area contributed by atoms with Crippen LogP contribution in [-0.2, 0) is 46.7 Å². The van der Waals surface area contributed by atoms with Crippen molar-refractivity contribution in [3.8, 4) is 17.6 Å². The van der Waals surface area contributed by atoms with Gasteiger partial charge in [0.1, 0.15) is 11.5 Å². The van der Waals surface area contributed by atoms with Crippen LogP contribution in [0.5, 0.6) is 11.5 Å². The number of methoxy groups -OCH3 is 1. The number of nitrogens with zero attached hydrogens (tertiary/aromatic N) is 5. The summed E-state index contributed by atoms with van der Waals surface area (Å²) in [5.74, 6) is -0.0773. The van der Waals surface area contributed by atoms with E-state index in [0.717, 1.165) is 23.5 Å². The van der Waals surface area contributed by atoms with Crippen molar-refractivity contribution in [3.63, 3.8) is 0 Å². The number of ether oxygens (including phenoxy) is 1. The summed E-state index contributed by atoms with van der Waals surface area (Å²) in [4.78, 5) is 6.20. The van der Waals surface area contributed by atoms with Crippen molar-refractivity contribution >= 4 is 25.8 Å². The van der Waals surface area contributed by atoms with Crippen LogP contribution < -0.4 is 13.8 Å². The van der Waals surface area contributed by atoms with Gasteiger partial charge in [0.15, 0.2) is 0 Å². The molecule has 0 unspecified atom stereocenters. The third-order valence-corrected chi connectivity index (χ3v) is 10.4. The van der Waals surface area contributed by atoms with E-state index in [1.54, 1.807) is 30.7 Å². The molecule has 11 nitrogen and oxygen atoms in total. The lowest BCUT2D eigenvalue weighted by molar-refractivity contribution is -0.0500. The minimum Gasteiger partial charge on any atom is -0.497 e. The molecule has 0 saturated carbocycles. The largest absolute Gasteiger partial charge is 0.534 e. The minimum absolute atomic E-state index is 0.0116. The zero-order chi connectivity index (χ0) is 33.3. The maximum absolute atomic E-state index is 14.3. The van der Waals surface area contributed by atoms with Crippen molar-refractivity contribution in [3.05, 3.63) is 102 Å². The van der Waals surface area contributed by atoms with Crippen LogP contribution in [0.1, 0.15) is 22.4 Å². The van der Waals surface area contributed by atoms with Crippen LogP contribution in [0.2, 0.25) is 0 Å². The Bertz CT molecular complexity index is 1970. The third kappa shape index (κ3) is 6.81. The number of alkyl halides is 3. The number of sulfonamides is 1. The van der Waals surface area contributed by atoms with Gasteiger partial charge >= 0.3 is 15.6 Å². The van der Waals surface area contributed by atoms with Gasteiger partial charge < -0.3 is 18.4 Å². The highest BCUT2D eigenvalue weighted by molar-refractivity contribution is 7.89. The van der Waals surface area contributed by atoms with Crippen LogP contribution in [0.15, 0.2) is 84.1 Å². The van der Waals surface area contributed by atoms with Gasteiger partial charge in [-0.3, -0.25) is 0 Å². The molecule has 0 fully saturated rings. The summed E-state index contributed by atoms with van der Waals surface area (Å²) < 4.78 is 103. The number of aromatic nitrogens is 2. The fraction of sp³-hybridized carbons (Fsp3) is 0.267. The molecule has 0 spiro atoms. The van der Waals surface area contributed by atoms with Crippen molar-refractivity contribution in [1.82, 2.24) is 13.9 Å². The average molecular weight is 676 g/mol. The van der Waals surface area contributed by atoms with Crippen molar-refractivity contribution < 1.29 is 38.9 Å². The Balaban J connectivity index is 1.56. The zero-order valence-corrected chi connectivity index (χ0v) is 26.2. The molecular formula is C30H28F3N5O6S2. The number of hydrogen-bond donors (Lipinski definition) is 0. The molecule has 4 aromatic rings. The summed E-state index contributed by atoms with van der Waals surface area (Å²) in [5.41, 5.74) is -2.57. The molecular weight excluding hydrogens is 647 g/mol. The van der Waals surface area contributed by atoms with Crippen LogP contribution in [0.25, 0.3) is 0 Å². The molecule has 0 bridgehead atoms. The molecule has 5 rings (SSSR count). The van der Waals surface area contributed by atoms with Crippen molar-refractivity contribution in [2.45, 2.75) is 36.0 Å². The Hall–Kier alpha value is -4.59. The highest BCUT2D eigenvalue weighted by atomic mass is 32.2. The summed E-state index contributed by atoms with van der Waals surface area (Å²) in [6.45, 7) is 0.446. The first kappa shape index (κ1) is 32.8. The van der Waals surface area contributed by atoms with Gasteiger partial charge in [0.25, 0.3) is 0 Å². The number of anilines is 1. The monoisotopic (exact) mass is 675 g/mol. The molecule has 0 saturated heterocycles. The standard InChI is InChI=1S/C30H28F3N5O6S2/c1-36-20-35-16-25(36)19-37-18-24(14-21-3-6-27(7-4-21)44-46(41,42)30(31,32)33)38(17-23-13-22(15-34)5-12-29(23)37)45(39,40)28-10-8-26(43-2)9-11-28/h3-13,16,20,24H,14,17-19H2,1-2H3/t24-/m1/s1. The van der Waals surface area contributed by atoms with E-state index in [1.165, 1.54) is 47.8 Å². The molecule has 1 atom stereocenters. The number of aryl methyl sites for hydroxylation is 1. The topological polar surface area (TPSA) is 135 Å². The highest BCUT2D eigenvalue weighted by Crippen LogP contribution is 2.35. The molecule has 0 N–H and O–H groups in total. The first-order valence-corrected chi connectivity index (χ1v) is 16.6. The lowest BCUT2D eigenvalue weighted by Gasteiger charge is -2.32. The number of halogens is 3. The molecule has 3 aromatic carbocycles. The smallest absolute Gasteiger partial charge is 0.497 e. The van der Waals surface area contributed by atoms with E-state index < -0.39 is 37.4 Å². The number of rotatable bonds is 9. The highest BCUT2D eigenvalue weighted by Gasteiger charge is 2.48. The number of fused-ring (bicyclic) bond motifs is 1. The maximum Gasteiger partial charge on any atom is 0.534 e. The van der Waals surface area contributed by atoms with Gasteiger partial charge in [-0.1, -0.05) is 12.1 Å². The van der Waals surface area contributed by atoms with Crippen LogP contribution in [-0.4, -0.2) is 55.9 Å². The summed E-state index contributed by atoms with van der Waals surface area (Å²) in [7, 11) is -6.73. The van der Waals surface area contributed by atoms with Gasteiger partial charge in [-0.25, -0.2) is 13.4 Å². The molecule has 0 radical (unpaired) electrons. The normalized spacial score (nSPS) is 15.9. The molecule has 2 heterocycles. The molecule has 1 aromatic heterocycles. The Kier molecular flexibility index (Phi) is 9.03. The van der Waals surface area contributed by atoms with E-state index in [1.807, 2.05) is 16.5 Å². The van der Waals surface area contributed by atoms with E-state index in [-0.39, 0.29) is 24.4 Å². The van der Waals surface area contributed by atoms with Gasteiger partial charge in [-0.2, -0.15) is 31.2 Å². The first-order valence-electron chi connectivity index (χ1n) is 13.7. The van der Waals surface area contributed by atoms with E-state index in [4.69, 9.17) is 4.74 Å². The fourth-order valence-corrected chi connectivity index (χ4v) is 7.22. The van der Waals surface area contributed by atoms with Crippen LogP contribution in [0.3, 0.4) is 0 Å². The Morgan fingerprint density at radius 2 is 1.67 bits per heavy atom. The second-order valence-corrected chi connectivity index (χ2v) is 14.0. The number of imidazole rings is 1. The second kappa shape index (κ2) is 12.7. The van der Waals surface area contributed by atoms with Gasteiger partial charge in [0.2, 0.25) is 10.0 Å². The van der Waals surface area contributed by atoms with Gasteiger partial charge in [0, 0.05) is 38.1 Å². The summed E-state index contributed by atoms with van der Waals surface area (Å²) in [6, 6.07) is 17.3. The molecule has 16 heteroatoms. The quantitative estimate of drug-likeness (QED) is 0.188. The predicted octanol–water partition coefficient (Wildman–Crippen LogP) is 4.35. The first-order chi connectivity index (χ1) is 21.7. The molecule has 1 aliphatic rings. The lowest BCUT2D eigenvalue weighted by atomic mass is 10.1. The average Bonchev–Trinajstić information content (AvgIpc) is 3.35. The Labute approximate surface area is 264 Å². The van der Waals surface area contributed by atoms with Crippen LogP contribution in [0, 0.1) is 11.3 Å². The Morgan fingerprint density at radius 1 is 1.00 bits per heavy atom. The van der Waals surface area contributed by atoms with Gasteiger partial charge in [-0.15, -0.1) is 0 Å². The third-order valence-electron chi connectivity index (χ3n) is 7.53.